The lowest BCUT2D eigenvalue weighted by molar-refractivity contribution is 0.415. The number of H-pyrrole nitrogens is 1. The summed E-state index contributed by atoms with van der Waals surface area (Å²) in [6.45, 7) is 1.27. The molecule has 35 heavy (non-hydrogen) atoms. The predicted octanol–water partition coefficient (Wildman–Crippen LogP) is 3.72. The van der Waals surface area contributed by atoms with E-state index in [1.807, 2.05) is 66.7 Å². The molecule has 0 saturated carbocycles. The maximum absolute atomic E-state index is 13.5. The van der Waals surface area contributed by atoms with Crippen LogP contribution in [0.15, 0.2) is 83.7 Å². The molecule has 174 valence electrons. The van der Waals surface area contributed by atoms with Crippen molar-refractivity contribution in [1.82, 2.24) is 25.2 Å². The van der Waals surface area contributed by atoms with Gasteiger partial charge in [-0.3, -0.25) is 4.79 Å². The van der Waals surface area contributed by atoms with E-state index >= 15 is 0 Å². The van der Waals surface area contributed by atoms with Crippen LogP contribution in [-0.2, 0) is 13.0 Å². The average Bonchev–Trinajstić information content (AvgIpc) is 3.53. The lowest BCUT2D eigenvalue weighted by Gasteiger charge is -2.29. The molecule has 1 aliphatic rings. The lowest BCUT2D eigenvalue weighted by atomic mass is 10.0. The molecule has 1 N–H and O–H groups in total. The Balaban J connectivity index is 1.53. The zero-order chi connectivity index (χ0) is 23.8. The highest BCUT2D eigenvalue weighted by Crippen LogP contribution is 2.37. The molecule has 0 saturated heterocycles. The Labute approximate surface area is 201 Å². The van der Waals surface area contributed by atoms with Gasteiger partial charge in [0.05, 0.1) is 13.7 Å². The largest absolute Gasteiger partial charge is 0.497 e. The number of hydrogen-bond acceptors (Lipinski definition) is 6. The van der Waals surface area contributed by atoms with Crippen LogP contribution in [-0.4, -0.2) is 38.8 Å². The van der Waals surface area contributed by atoms with E-state index in [9.17, 15) is 4.79 Å². The number of ether oxygens (including phenoxy) is 1. The first-order chi connectivity index (χ1) is 17.2. The molecule has 0 aliphatic carbocycles. The van der Waals surface area contributed by atoms with E-state index in [1.54, 1.807) is 11.8 Å². The Hall–Kier alpha value is -4.46. The van der Waals surface area contributed by atoms with Gasteiger partial charge in [-0.15, -0.1) is 5.10 Å². The van der Waals surface area contributed by atoms with Crippen LogP contribution in [0.5, 0.6) is 5.75 Å². The van der Waals surface area contributed by atoms with E-state index in [4.69, 9.17) is 4.74 Å². The number of nitrogens with one attached hydrogen (secondary N) is 1. The summed E-state index contributed by atoms with van der Waals surface area (Å²) < 4.78 is 7.21. The SMILES string of the molecule is COc1ccc2[nH]c(=O)c(C(c3nnnn3Cc3ccccc3)N3CCc4ccccc43)cc2c1. The van der Waals surface area contributed by atoms with E-state index < -0.39 is 6.04 Å². The molecule has 2 aromatic heterocycles. The number of hydrogen-bond donors (Lipinski definition) is 1. The monoisotopic (exact) mass is 464 g/mol. The number of para-hydroxylation sites is 1. The zero-order valence-electron chi connectivity index (χ0n) is 19.3. The van der Waals surface area contributed by atoms with Crippen molar-refractivity contribution in [1.29, 1.82) is 0 Å². The molecular formula is C27H24N6O2. The lowest BCUT2D eigenvalue weighted by Crippen LogP contribution is -2.34. The Kier molecular flexibility index (Phi) is 5.25. The van der Waals surface area contributed by atoms with Crippen molar-refractivity contribution in [2.45, 2.75) is 19.0 Å². The van der Waals surface area contributed by atoms with Crippen LogP contribution in [0.4, 0.5) is 5.69 Å². The minimum absolute atomic E-state index is 0.161. The summed E-state index contributed by atoms with van der Waals surface area (Å²) in [5, 5.41) is 13.6. The minimum atomic E-state index is -0.461. The first-order valence-corrected chi connectivity index (χ1v) is 11.6. The molecule has 8 heteroatoms. The van der Waals surface area contributed by atoms with Gasteiger partial charge in [0.1, 0.15) is 11.8 Å². The molecule has 8 nitrogen and oxygen atoms in total. The van der Waals surface area contributed by atoms with Gasteiger partial charge in [-0.1, -0.05) is 48.5 Å². The summed E-state index contributed by atoms with van der Waals surface area (Å²) in [5.74, 6) is 1.35. The van der Waals surface area contributed by atoms with E-state index in [2.05, 4.69) is 37.5 Å². The van der Waals surface area contributed by atoms with Crippen molar-refractivity contribution in [3.8, 4) is 5.75 Å². The second-order valence-corrected chi connectivity index (χ2v) is 8.66. The molecule has 0 spiro atoms. The van der Waals surface area contributed by atoms with Gasteiger partial charge in [-0.25, -0.2) is 4.68 Å². The summed E-state index contributed by atoms with van der Waals surface area (Å²) in [6.07, 6.45) is 0.895. The molecule has 1 unspecified atom stereocenters. The number of nitrogens with zero attached hydrogens (tertiary/aromatic N) is 5. The van der Waals surface area contributed by atoms with Gasteiger partial charge >= 0.3 is 0 Å². The van der Waals surface area contributed by atoms with Crippen molar-refractivity contribution in [2.75, 3.05) is 18.6 Å². The maximum Gasteiger partial charge on any atom is 0.254 e. The zero-order valence-corrected chi connectivity index (χ0v) is 19.3. The van der Waals surface area contributed by atoms with Gasteiger partial charge in [-0.2, -0.15) is 0 Å². The number of aromatic nitrogens is 5. The molecule has 0 fully saturated rings. The van der Waals surface area contributed by atoms with Crippen LogP contribution in [0.2, 0.25) is 0 Å². The van der Waals surface area contributed by atoms with E-state index in [0.29, 0.717) is 17.9 Å². The molecule has 3 heterocycles. The standard InChI is InChI=1S/C27H24N6O2/c1-35-21-11-12-23-20(15-21)16-22(27(34)28-23)25(32-14-13-19-9-5-6-10-24(19)32)26-29-30-31-33(26)17-18-7-3-2-4-8-18/h2-12,15-16,25H,13-14,17H2,1H3,(H,28,34). The fraction of sp³-hybridized carbons (Fsp3) is 0.185. The van der Waals surface area contributed by atoms with E-state index in [-0.39, 0.29) is 5.56 Å². The van der Waals surface area contributed by atoms with Crippen molar-refractivity contribution in [3.05, 3.63) is 112 Å². The second kappa shape index (κ2) is 8.72. The molecule has 0 bridgehead atoms. The Morgan fingerprint density at radius 3 is 2.71 bits per heavy atom. The van der Waals surface area contributed by atoms with Crippen molar-refractivity contribution in [3.63, 3.8) is 0 Å². The van der Waals surface area contributed by atoms with Gasteiger partial charge in [0.2, 0.25) is 0 Å². The minimum Gasteiger partial charge on any atom is -0.497 e. The fourth-order valence-electron chi connectivity index (χ4n) is 4.89. The summed E-state index contributed by atoms with van der Waals surface area (Å²) in [7, 11) is 1.63. The summed E-state index contributed by atoms with van der Waals surface area (Å²) in [6, 6.07) is 25.5. The average molecular weight is 465 g/mol. The van der Waals surface area contributed by atoms with Gasteiger partial charge in [0.15, 0.2) is 5.82 Å². The normalized spacial score (nSPS) is 13.7. The summed E-state index contributed by atoms with van der Waals surface area (Å²) >= 11 is 0. The fourth-order valence-corrected chi connectivity index (χ4v) is 4.89. The first kappa shape index (κ1) is 21.1. The van der Waals surface area contributed by atoms with Crippen LogP contribution >= 0.6 is 0 Å². The molecule has 0 amide bonds. The van der Waals surface area contributed by atoms with E-state index in [1.165, 1.54) is 5.56 Å². The number of aromatic amines is 1. The molecule has 1 aliphatic heterocycles. The third kappa shape index (κ3) is 3.82. The summed E-state index contributed by atoms with van der Waals surface area (Å²) in [5.41, 5.74) is 4.61. The van der Waals surface area contributed by atoms with Gasteiger partial charge in [0, 0.05) is 28.7 Å². The quantitative estimate of drug-likeness (QED) is 0.412. The predicted molar refractivity (Wildman–Crippen MR) is 134 cm³/mol. The number of fused-ring (bicyclic) bond motifs is 2. The highest BCUT2D eigenvalue weighted by molar-refractivity contribution is 5.81. The summed E-state index contributed by atoms with van der Waals surface area (Å²) in [4.78, 5) is 18.8. The van der Waals surface area contributed by atoms with Crippen LogP contribution in [0, 0.1) is 0 Å². The van der Waals surface area contributed by atoms with Crippen molar-refractivity contribution >= 4 is 16.6 Å². The molecule has 5 aromatic rings. The van der Waals surface area contributed by atoms with Crippen LogP contribution in [0.25, 0.3) is 10.9 Å². The smallest absolute Gasteiger partial charge is 0.254 e. The number of anilines is 1. The van der Waals surface area contributed by atoms with Gasteiger partial charge in [0.25, 0.3) is 5.56 Å². The number of methoxy groups -OCH3 is 1. The van der Waals surface area contributed by atoms with Crippen LogP contribution in [0.1, 0.15) is 28.6 Å². The van der Waals surface area contributed by atoms with Gasteiger partial charge in [-0.05, 0) is 58.3 Å². The number of pyridine rings is 1. The highest BCUT2D eigenvalue weighted by Gasteiger charge is 2.34. The molecule has 6 rings (SSSR count). The topological polar surface area (TPSA) is 88.9 Å². The Bertz CT molecular complexity index is 1560. The van der Waals surface area contributed by atoms with Crippen LogP contribution < -0.4 is 15.2 Å². The highest BCUT2D eigenvalue weighted by atomic mass is 16.5. The molecule has 3 aromatic carbocycles. The number of benzene rings is 3. The third-order valence-electron chi connectivity index (χ3n) is 6.59. The Morgan fingerprint density at radius 1 is 1.03 bits per heavy atom. The third-order valence-corrected chi connectivity index (χ3v) is 6.59. The Morgan fingerprint density at radius 2 is 1.86 bits per heavy atom. The van der Waals surface area contributed by atoms with Crippen molar-refractivity contribution < 1.29 is 4.74 Å². The second-order valence-electron chi connectivity index (χ2n) is 8.66. The molecule has 0 radical (unpaired) electrons. The maximum atomic E-state index is 13.5. The molecular weight excluding hydrogens is 440 g/mol. The van der Waals surface area contributed by atoms with Crippen LogP contribution in [0.3, 0.4) is 0 Å². The first-order valence-electron chi connectivity index (χ1n) is 11.6. The van der Waals surface area contributed by atoms with Gasteiger partial charge < -0.3 is 14.6 Å². The molecule has 1 atom stereocenters. The van der Waals surface area contributed by atoms with E-state index in [0.717, 1.165) is 40.9 Å². The number of tetrazole rings is 1. The number of rotatable bonds is 6. The van der Waals surface area contributed by atoms with Crippen molar-refractivity contribution in [2.24, 2.45) is 0 Å².